The van der Waals surface area contributed by atoms with Crippen LogP contribution in [0.1, 0.15) is 0 Å². The first-order valence-electron chi connectivity index (χ1n) is 1.96. The van der Waals surface area contributed by atoms with Gasteiger partial charge in [-0.2, -0.15) is 0 Å². The summed E-state index contributed by atoms with van der Waals surface area (Å²) >= 11 is 0. The number of hydrogen-bond acceptors (Lipinski definition) is 2. The number of hydrogen-bond donors (Lipinski definition) is 0. The lowest BCUT2D eigenvalue weighted by molar-refractivity contribution is -0.161. The number of rotatable bonds is 0. The van der Waals surface area contributed by atoms with Gasteiger partial charge in [0.25, 0.3) is 0 Å². The Kier molecular flexibility index (Phi) is 1.48. The van der Waals surface area contributed by atoms with Crippen molar-refractivity contribution in [3.05, 3.63) is 12.1 Å². The van der Waals surface area contributed by atoms with Gasteiger partial charge in [0.15, 0.2) is 18.2 Å². The molecular formula is C3H2BF2O2. The first-order chi connectivity index (χ1) is 3.80. The molecule has 1 rings (SSSR count). The van der Waals surface area contributed by atoms with E-state index in [1.165, 1.54) is 0 Å². The summed E-state index contributed by atoms with van der Waals surface area (Å²) in [6.45, 7) is 0. The van der Waals surface area contributed by atoms with Crippen LogP contribution in [0.4, 0.5) is 8.78 Å². The van der Waals surface area contributed by atoms with Crippen molar-refractivity contribution < 1.29 is 18.5 Å². The maximum atomic E-state index is 11.9. The third-order valence-electron chi connectivity index (χ3n) is 0.655. The highest BCUT2D eigenvalue weighted by atomic mass is 19.2. The first kappa shape index (κ1) is 5.56. The van der Waals surface area contributed by atoms with Crippen LogP contribution in [0.3, 0.4) is 0 Å². The molecule has 8 heavy (non-hydrogen) atoms. The Balaban J connectivity index is 2.53. The fourth-order valence-electron chi connectivity index (χ4n) is 0.285. The van der Waals surface area contributed by atoms with Crippen molar-refractivity contribution in [2.75, 3.05) is 0 Å². The summed E-state index contributed by atoms with van der Waals surface area (Å²) in [7, 11) is 0.620. The predicted octanol–water partition coefficient (Wildman–Crippen LogP) is 0.674. The molecule has 0 spiro atoms. The topological polar surface area (TPSA) is 18.5 Å². The molecule has 0 aromatic carbocycles. The van der Waals surface area contributed by atoms with Gasteiger partial charge in [0.2, 0.25) is 0 Å². The molecule has 1 aliphatic heterocycles. The molecule has 43 valence electrons. The average Bonchev–Trinajstić information content (AvgIpc) is 1.77. The minimum Gasteiger partial charge on any atom is -0.359 e. The lowest BCUT2D eigenvalue weighted by atomic mass is 9.92. The smallest absolute Gasteiger partial charge is 0.359 e. The van der Waals surface area contributed by atoms with Gasteiger partial charge < -0.3 is 4.89 Å². The van der Waals surface area contributed by atoms with Crippen LogP contribution in [0.5, 0.6) is 0 Å². The van der Waals surface area contributed by atoms with Gasteiger partial charge in [0, 0.05) is 0 Å². The van der Waals surface area contributed by atoms with Crippen LogP contribution in [-0.2, 0) is 9.69 Å². The van der Waals surface area contributed by atoms with Crippen molar-refractivity contribution in [2.24, 2.45) is 0 Å². The third-order valence-corrected chi connectivity index (χ3v) is 0.655. The molecule has 0 aliphatic carbocycles. The van der Waals surface area contributed by atoms with E-state index in [1.54, 1.807) is 0 Å². The molecule has 0 saturated heterocycles. The van der Waals surface area contributed by atoms with E-state index >= 15 is 0 Å². The van der Waals surface area contributed by atoms with E-state index in [2.05, 4.69) is 9.69 Å². The van der Waals surface area contributed by atoms with Crippen molar-refractivity contribution in [1.82, 2.24) is 0 Å². The Bertz CT molecular complexity index is 116. The Morgan fingerprint density at radius 2 is 2.50 bits per heavy atom. The van der Waals surface area contributed by atoms with Gasteiger partial charge in [0.05, 0.1) is 0 Å². The monoisotopic (exact) mass is 119 g/mol. The molecule has 1 atom stereocenters. The van der Waals surface area contributed by atoms with E-state index in [4.69, 9.17) is 0 Å². The van der Waals surface area contributed by atoms with E-state index in [9.17, 15) is 8.78 Å². The van der Waals surface area contributed by atoms with Crippen LogP contribution < -0.4 is 0 Å². The van der Waals surface area contributed by atoms with Crippen LogP contribution in [0.2, 0.25) is 0 Å². The molecule has 0 aromatic rings. The van der Waals surface area contributed by atoms with Gasteiger partial charge in [0.1, 0.15) is 0 Å². The SMILES string of the molecule is FC1=COO[B]C1F. The van der Waals surface area contributed by atoms with Crippen LogP contribution >= 0.6 is 0 Å². The van der Waals surface area contributed by atoms with Crippen LogP contribution in [-0.4, -0.2) is 13.6 Å². The second-order valence-electron chi connectivity index (χ2n) is 1.23. The van der Waals surface area contributed by atoms with E-state index < -0.39 is 11.9 Å². The minimum atomic E-state index is -1.77. The quantitative estimate of drug-likeness (QED) is 0.344. The standard InChI is InChI=1S/C3H2BF2O2/c5-2-1-7-8-4-3(2)6/h1,3H. The molecule has 0 aromatic heterocycles. The number of alkyl halides is 1. The molecule has 5 heteroatoms. The maximum Gasteiger partial charge on any atom is 0.407 e. The summed E-state index contributed by atoms with van der Waals surface area (Å²) in [5, 5.41) is 0. The lowest BCUT2D eigenvalue weighted by Crippen LogP contribution is -2.19. The molecule has 2 nitrogen and oxygen atoms in total. The average molecular weight is 119 g/mol. The highest BCUT2D eigenvalue weighted by molar-refractivity contribution is 6.30. The molecule has 1 aliphatic rings. The summed E-state index contributed by atoms with van der Waals surface area (Å²) < 4.78 is 23.7. The summed E-state index contributed by atoms with van der Waals surface area (Å²) in [6.07, 6.45) is -1.20. The van der Waals surface area contributed by atoms with Crippen LogP contribution in [0, 0.1) is 0 Å². The van der Waals surface area contributed by atoms with Gasteiger partial charge in [-0.1, -0.05) is 0 Å². The largest absolute Gasteiger partial charge is 0.407 e. The van der Waals surface area contributed by atoms with Gasteiger partial charge in [-0.15, -0.1) is 0 Å². The van der Waals surface area contributed by atoms with Crippen molar-refractivity contribution in [1.29, 1.82) is 0 Å². The molecule has 1 radical (unpaired) electrons. The van der Waals surface area contributed by atoms with Crippen molar-refractivity contribution in [3.8, 4) is 0 Å². The predicted molar refractivity (Wildman–Crippen MR) is 22.0 cm³/mol. The minimum absolute atomic E-state index is 0.574. The lowest BCUT2D eigenvalue weighted by Gasteiger charge is -2.08. The van der Waals surface area contributed by atoms with E-state index in [0.717, 1.165) is 0 Å². The van der Waals surface area contributed by atoms with Crippen molar-refractivity contribution in [3.63, 3.8) is 0 Å². The zero-order chi connectivity index (χ0) is 5.98. The zero-order valence-corrected chi connectivity index (χ0v) is 3.80. The molecule has 0 N–H and O–H groups in total. The summed E-state index contributed by atoms with van der Waals surface area (Å²) in [5.41, 5.74) is 0. The zero-order valence-electron chi connectivity index (χ0n) is 3.80. The van der Waals surface area contributed by atoms with Gasteiger partial charge in [-0.05, 0) is 0 Å². The Morgan fingerprint density at radius 1 is 1.75 bits per heavy atom. The van der Waals surface area contributed by atoms with Gasteiger partial charge >= 0.3 is 7.48 Å². The second kappa shape index (κ2) is 2.13. The molecule has 0 saturated carbocycles. The van der Waals surface area contributed by atoms with E-state index in [-0.39, 0.29) is 0 Å². The Hall–Kier alpha value is -0.575. The van der Waals surface area contributed by atoms with Crippen LogP contribution in [0.25, 0.3) is 0 Å². The normalized spacial score (nSPS) is 27.8. The summed E-state index contributed by atoms with van der Waals surface area (Å²) in [6, 6.07) is 0. The number of halogens is 2. The summed E-state index contributed by atoms with van der Waals surface area (Å²) in [4.78, 5) is 7.86. The van der Waals surface area contributed by atoms with E-state index in [1.807, 2.05) is 0 Å². The van der Waals surface area contributed by atoms with Gasteiger partial charge in [-0.3, -0.25) is 4.81 Å². The van der Waals surface area contributed by atoms with Crippen LogP contribution in [0.15, 0.2) is 12.1 Å². The third kappa shape index (κ3) is 0.977. The fraction of sp³-hybridized carbons (Fsp3) is 0.333. The number of allylic oxidation sites excluding steroid dienone is 1. The highest BCUT2D eigenvalue weighted by Crippen LogP contribution is 2.11. The Labute approximate surface area is 45.3 Å². The van der Waals surface area contributed by atoms with Crippen molar-refractivity contribution >= 4 is 7.48 Å². The fourth-order valence-corrected chi connectivity index (χ4v) is 0.285. The molecule has 0 bridgehead atoms. The maximum absolute atomic E-state index is 11.9. The molecule has 1 heterocycles. The van der Waals surface area contributed by atoms with E-state index in [0.29, 0.717) is 13.7 Å². The molecular weight excluding hydrogens is 117 g/mol. The first-order valence-corrected chi connectivity index (χ1v) is 1.96. The Morgan fingerprint density at radius 3 is 2.88 bits per heavy atom. The summed E-state index contributed by atoms with van der Waals surface area (Å²) in [5.74, 6) is -0.976. The van der Waals surface area contributed by atoms with Crippen molar-refractivity contribution in [2.45, 2.75) is 6.07 Å². The second-order valence-corrected chi connectivity index (χ2v) is 1.23. The molecule has 0 fully saturated rings. The molecule has 1 unspecified atom stereocenters. The highest BCUT2D eigenvalue weighted by Gasteiger charge is 2.21. The van der Waals surface area contributed by atoms with Gasteiger partial charge in [-0.25, -0.2) is 8.78 Å². The molecule has 0 amide bonds.